The molecule has 2 rings (SSSR count). The first kappa shape index (κ1) is 14.9. The van der Waals surface area contributed by atoms with Crippen molar-refractivity contribution in [3.8, 4) is 5.75 Å². The Kier molecular flexibility index (Phi) is 5.04. The van der Waals surface area contributed by atoms with Gasteiger partial charge in [0.15, 0.2) is 16.8 Å². The third-order valence-electron chi connectivity index (χ3n) is 3.04. The van der Waals surface area contributed by atoms with Crippen molar-refractivity contribution in [1.82, 2.24) is 5.32 Å². The SMILES string of the molecule is CCNC(Cc1ccc(OC)c(F)c1)c1ccc(Cl)o1. The Morgan fingerprint density at radius 3 is 2.70 bits per heavy atom. The molecule has 0 aliphatic heterocycles. The second kappa shape index (κ2) is 6.77. The summed E-state index contributed by atoms with van der Waals surface area (Å²) in [5.74, 6) is 0.626. The lowest BCUT2D eigenvalue weighted by atomic mass is 10.0. The maximum absolute atomic E-state index is 13.7. The predicted octanol–water partition coefficient (Wildman–Crippen LogP) is 3.97. The van der Waals surface area contributed by atoms with Gasteiger partial charge in [-0.25, -0.2) is 4.39 Å². The van der Waals surface area contributed by atoms with E-state index in [1.165, 1.54) is 13.2 Å². The average molecular weight is 298 g/mol. The van der Waals surface area contributed by atoms with E-state index in [0.717, 1.165) is 17.9 Å². The van der Waals surface area contributed by atoms with Crippen molar-refractivity contribution in [2.45, 2.75) is 19.4 Å². The number of likely N-dealkylation sites (N-methyl/N-ethyl adjacent to an activating group) is 1. The number of rotatable bonds is 6. The van der Waals surface area contributed by atoms with Crippen molar-refractivity contribution in [2.24, 2.45) is 0 Å². The molecule has 3 nitrogen and oxygen atoms in total. The third kappa shape index (κ3) is 3.52. The highest BCUT2D eigenvalue weighted by molar-refractivity contribution is 6.28. The van der Waals surface area contributed by atoms with E-state index in [1.807, 2.05) is 19.1 Å². The molecule has 0 saturated carbocycles. The maximum atomic E-state index is 13.7. The molecule has 2 aromatic rings. The van der Waals surface area contributed by atoms with Crippen molar-refractivity contribution in [1.29, 1.82) is 0 Å². The number of hydrogen-bond donors (Lipinski definition) is 1. The number of halogens is 2. The van der Waals surface area contributed by atoms with E-state index in [1.54, 1.807) is 12.1 Å². The lowest BCUT2D eigenvalue weighted by molar-refractivity contribution is 0.385. The summed E-state index contributed by atoms with van der Waals surface area (Å²) in [6, 6.07) is 8.44. The van der Waals surface area contributed by atoms with Crippen LogP contribution in [0, 0.1) is 5.82 Å². The van der Waals surface area contributed by atoms with Crippen LogP contribution in [0.25, 0.3) is 0 Å². The van der Waals surface area contributed by atoms with Crippen molar-refractivity contribution >= 4 is 11.6 Å². The monoisotopic (exact) mass is 297 g/mol. The lowest BCUT2D eigenvalue weighted by Gasteiger charge is -2.16. The minimum Gasteiger partial charge on any atom is -0.494 e. The quantitative estimate of drug-likeness (QED) is 0.876. The number of nitrogens with one attached hydrogen (secondary N) is 1. The van der Waals surface area contributed by atoms with E-state index in [-0.39, 0.29) is 17.6 Å². The Morgan fingerprint density at radius 2 is 2.15 bits per heavy atom. The van der Waals surface area contributed by atoms with E-state index < -0.39 is 0 Å². The van der Waals surface area contributed by atoms with Gasteiger partial charge < -0.3 is 14.5 Å². The first-order chi connectivity index (χ1) is 9.63. The largest absolute Gasteiger partial charge is 0.494 e. The predicted molar refractivity (Wildman–Crippen MR) is 76.8 cm³/mol. The number of hydrogen-bond acceptors (Lipinski definition) is 3. The maximum Gasteiger partial charge on any atom is 0.193 e. The summed E-state index contributed by atoms with van der Waals surface area (Å²) < 4.78 is 24.0. The van der Waals surface area contributed by atoms with E-state index in [0.29, 0.717) is 11.6 Å². The van der Waals surface area contributed by atoms with Crippen LogP contribution in [0.3, 0.4) is 0 Å². The third-order valence-corrected chi connectivity index (χ3v) is 3.25. The highest BCUT2D eigenvalue weighted by Gasteiger charge is 2.16. The van der Waals surface area contributed by atoms with Gasteiger partial charge in [0.2, 0.25) is 0 Å². The molecule has 1 atom stereocenters. The van der Waals surface area contributed by atoms with Crippen LogP contribution in [0.15, 0.2) is 34.7 Å². The average Bonchev–Trinajstić information content (AvgIpc) is 2.85. The van der Waals surface area contributed by atoms with Crippen LogP contribution in [0.4, 0.5) is 4.39 Å². The Morgan fingerprint density at radius 1 is 1.35 bits per heavy atom. The van der Waals surface area contributed by atoms with Crippen LogP contribution in [0.2, 0.25) is 5.22 Å². The summed E-state index contributed by atoms with van der Waals surface area (Å²) in [5, 5.41) is 3.65. The molecule has 0 radical (unpaired) electrons. The zero-order chi connectivity index (χ0) is 14.5. The normalized spacial score (nSPS) is 12.4. The van der Waals surface area contributed by atoms with Gasteiger partial charge in [0.1, 0.15) is 5.76 Å². The molecule has 0 bridgehead atoms. The molecule has 1 N–H and O–H groups in total. The number of benzene rings is 1. The van der Waals surface area contributed by atoms with Crippen molar-refractivity contribution in [3.05, 3.63) is 52.7 Å². The van der Waals surface area contributed by atoms with E-state index >= 15 is 0 Å². The van der Waals surface area contributed by atoms with Gasteiger partial charge in [-0.1, -0.05) is 13.0 Å². The molecule has 1 aromatic carbocycles. The molecule has 0 aliphatic rings. The summed E-state index contributed by atoms with van der Waals surface area (Å²) in [6.45, 7) is 2.79. The van der Waals surface area contributed by atoms with Gasteiger partial charge in [-0.3, -0.25) is 0 Å². The summed E-state index contributed by atoms with van der Waals surface area (Å²) >= 11 is 5.80. The molecule has 108 valence electrons. The summed E-state index contributed by atoms with van der Waals surface area (Å²) in [5.41, 5.74) is 0.863. The molecule has 0 amide bonds. The molecule has 5 heteroatoms. The lowest BCUT2D eigenvalue weighted by Crippen LogP contribution is -2.22. The Labute approximate surface area is 122 Å². The second-order valence-corrected chi connectivity index (χ2v) is 4.80. The topological polar surface area (TPSA) is 34.4 Å². The smallest absolute Gasteiger partial charge is 0.193 e. The van der Waals surface area contributed by atoms with Crippen molar-refractivity contribution in [3.63, 3.8) is 0 Å². The van der Waals surface area contributed by atoms with Gasteiger partial charge in [0.25, 0.3) is 0 Å². The Bertz CT molecular complexity index is 571. The van der Waals surface area contributed by atoms with Gasteiger partial charge in [-0.05, 0) is 54.4 Å². The molecule has 20 heavy (non-hydrogen) atoms. The van der Waals surface area contributed by atoms with Gasteiger partial charge in [0.05, 0.1) is 13.2 Å². The summed E-state index contributed by atoms with van der Waals surface area (Å²) in [6.07, 6.45) is 0.610. The number of furan rings is 1. The van der Waals surface area contributed by atoms with E-state index in [4.69, 9.17) is 20.8 Å². The molecule has 0 spiro atoms. The van der Waals surface area contributed by atoms with Crippen LogP contribution in [0.5, 0.6) is 5.75 Å². The Hall–Kier alpha value is -1.52. The molecule has 1 aromatic heterocycles. The standard InChI is InChI=1S/C15H17ClFNO2/c1-3-18-12(14-6-7-15(16)20-14)9-10-4-5-13(19-2)11(17)8-10/h4-8,12,18H,3,9H2,1-2H3. The minimum atomic E-state index is -0.363. The molecule has 1 unspecified atom stereocenters. The fourth-order valence-electron chi connectivity index (χ4n) is 2.11. The zero-order valence-electron chi connectivity index (χ0n) is 11.5. The van der Waals surface area contributed by atoms with Gasteiger partial charge in [0, 0.05) is 0 Å². The number of ether oxygens (including phenoxy) is 1. The number of methoxy groups -OCH3 is 1. The molecule has 0 aliphatic carbocycles. The summed E-state index contributed by atoms with van der Waals surface area (Å²) in [7, 11) is 1.45. The fourth-order valence-corrected chi connectivity index (χ4v) is 2.26. The van der Waals surface area contributed by atoms with Crippen LogP contribution >= 0.6 is 11.6 Å². The van der Waals surface area contributed by atoms with Crippen LogP contribution < -0.4 is 10.1 Å². The van der Waals surface area contributed by atoms with Gasteiger partial charge in [-0.15, -0.1) is 0 Å². The zero-order valence-corrected chi connectivity index (χ0v) is 12.2. The van der Waals surface area contributed by atoms with E-state index in [9.17, 15) is 4.39 Å². The first-order valence-electron chi connectivity index (χ1n) is 6.45. The van der Waals surface area contributed by atoms with E-state index in [2.05, 4.69) is 5.32 Å². The van der Waals surface area contributed by atoms with Gasteiger partial charge in [-0.2, -0.15) is 0 Å². The molecular formula is C15H17ClFNO2. The molecule has 0 saturated heterocycles. The fraction of sp³-hybridized carbons (Fsp3) is 0.333. The Balaban J connectivity index is 2.17. The second-order valence-electron chi connectivity index (χ2n) is 4.43. The van der Waals surface area contributed by atoms with Crippen molar-refractivity contribution < 1.29 is 13.5 Å². The minimum absolute atomic E-state index is 0.0414. The van der Waals surface area contributed by atoms with Gasteiger partial charge >= 0.3 is 0 Å². The van der Waals surface area contributed by atoms with Crippen LogP contribution in [-0.2, 0) is 6.42 Å². The van der Waals surface area contributed by atoms with Crippen LogP contribution in [0.1, 0.15) is 24.3 Å². The first-order valence-corrected chi connectivity index (χ1v) is 6.83. The highest BCUT2D eigenvalue weighted by atomic mass is 35.5. The summed E-state index contributed by atoms with van der Waals surface area (Å²) in [4.78, 5) is 0. The van der Waals surface area contributed by atoms with Crippen LogP contribution in [-0.4, -0.2) is 13.7 Å². The van der Waals surface area contributed by atoms with Crippen molar-refractivity contribution in [2.75, 3.05) is 13.7 Å². The molecule has 1 heterocycles. The highest BCUT2D eigenvalue weighted by Crippen LogP contribution is 2.25. The molecule has 0 fully saturated rings. The molecular weight excluding hydrogens is 281 g/mol.